The van der Waals surface area contributed by atoms with E-state index in [1.165, 1.54) is 0 Å². The van der Waals surface area contributed by atoms with Crippen LogP contribution >= 0.6 is 0 Å². The van der Waals surface area contributed by atoms with Gasteiger partial charge in [0.25, 0.3) is 0 Å². The SMILES string of the molecule is CC(C)c1ccc(C(=O)CC(c2ccccc2)c2ccccc2)c(C(C)C)c1OS(N)(=O)=O. The van der Waals surface area contributed by atoms with E-state index < -0.39 is 10.3 Å². The molecule has 0 aliphatic carbocycles. The van der Waals surface area contributed by atoms with E-state index in [-0.39, 0.29) is 35.7 Å². The van der Waals surface area contributed by atoms with Crippen LogP contribution in [0.3, 0.4) is 0 Å². The van der Waals surface area contributed by atoms with E-state index in [4.69, 9.17) is 9.32 Å². The minimum Gasteiger partial charge on any atom is -0.370 e. The number of carbonyl (C=O) groups excluding carboxylic acids is 1. The summed E-state index contributed by atoms with van der Waals surface area (Å²) in [6, 6.07) is 23.4. The topological polar surface area (TPSA) is 86.5 Å². The van der Waals surface area contributed by atoms with Crippen molar-refractivity contribution in [2.45, 2.75) is 51.9 Å². The number of Topliss-reactive ketones (excluding diaryl/α,β-unsaturated/α-hetero) is 1. The van der Waals surface area contributed by atoms with Crippen molar-refractivity contribution in [1.29, 1.82) is 0 Å². The number of hydrogen-bond donors (Lipinski definition) is 1. The van der Waals surface area contributed by atoms with Gasteiger partial charge in [-0.25, -0.2) is 0 Å². The monoisotopic (exact) mass is 465 g/mol. The lowest BCUT2D eigenvalue weighted by molar-refractivity contribution is 0.0976. The Bertz CT molecular complexity index is 1160. The van der Waals surface area contributed by atoms with Crippen LogP contribution in [-0.2, 0) is 10.3 Å². The second-order valence-electron chi connectivity index (χ2n) is 8.83. The summed E-state index contributed by atoms with van der Waals surface area (Å²) in [5.74, 6) is -0.196. The number of ketones is 1. The second-order valence-corrected chi connectivity index (χ2v) is 9.98. The van der Waals surface area contributed by atoms with E-state index in [1.54, 1.807) is 12.1 Å². The quantitative estimate of drug-likeness (QED) is 0.397. The molecule has 0 aliphatic heterocycles. The molecule has 0 aromatic heterocycles. The molecule has 174 valence electrons. The molecule has 0 heterocycles. The molecule has 5 nitrogen and oxygen atoms in total. The first-order valence-electron chi connectivity index (χ1n) is 11.1. The lowest BCUT2D eigenvalue weighted by atomic mass is 9.82. The van der Waals surface area contributed by atoms with Crippen LogP contribution in [0.2, 0.25) is 0 Å². The molecule has 0 atom stereocenters. The first-order valence-corrected chi connectivity index (χ1v) is 12.6. The normalized spacial score (nSPS) is 11.9. The van der Waals surface area contributed by atoms with Gasteiger partial charge in [0, 0.05) is 23.5 Å². The van der Waals surface area contributed by atoms with Crippen LogP contribution in [0.15, 0.2) is 72.8 Å². The van der Waals surface area contributed by atoms with Crippen LogP contribution in [0, 0.1) is 0 Å². The third-order valence-electron chi connectivity index (χ3n) is 5.72. The molecule has 33 heavy (non-hydrogen) atoms. The van der Waals surface area contributed by atoms with Crippen molar-refractivity contribution in [3.63, 3.8) is 0 Å². The van der Waals surface area contributed by atoms with Crippen molar-refractivity contribution in [3.05, 3.63) is 101 Å². The summed E-state index contributed by atoms with van der Waals surface area (Å²) < 4.78 is 28.9. The summed E-state index contributed by atoms with van der Waals surface area (Å²) in [7, 11) is -4.25. The molecule has 0 amide bonds. The van der Waals surface area contributed by atoms with Gasteiger partial charge in [0.2, 0.25) is 0 Å². The van der Waals surface area contributed by atoms with Gasteiger partial charge in [-0.3, -0.25) is 4.79 Å². The van der Waals surface area contributed by atoms with Crippen molar-refractivity contribution in [2.24, 2.45) is 5.14 Å². The lowest BCUT2D eigenvalue weighted by Crippen LogP contribution is -2.22. The molecular formula is C27H31NO4S. The van der Waals surface area contributed by atoms with E-state index in [2.05, 4.69) is 0 Å². The number of benzene rings is 3. The van der Waals surface area contributed by atoms with Gasteiger partial charge < -0.3 is 4.18 Å². The van der Waals surface area contributed by atoms with Crippen molar-refractivity contribution in [1.82, 2.24) is 0 Å². The van der Waals surface area contributed by atoms with Gasteiger partial charge in [-0.1, -0.05) is 100 Å². The zero-order chi connectivity index (χ0) is 24.2. The van der Waals surface area contributed by atoms with E-state index in [9.17, 15) is 13.2 Å². The summed E-state index contributed by atoms with van der Waals surface area (Å²) in [5.41, 5.74) is 3.82. The minimum absolute atomic E-state index is 0.00946. The van der Waals surface area contributed by atoms with Crippen molar-refractivity contribution < 1.29 is 17.4 Å². The predicted molar refractivity (Wildman–Crippen MR) is 132 cm³/mol. The molecule has 0 unspecified atom stereocenters. The van der Waals surface area contributed by atoms with Gasteiger partial charge in [0.05, 0.1) is 0 Å². The second kappa shape index (κ2) is 10.3. The Hall–Kier alpha value is -2.96. The Kier molecular flexibility index (Phi) is 7.72. The van der Waals surface area contributed by atoms with Crippen LogP contribution in [0.25, 0.3) is 0 Å². The average Bonchev–Trinajstić information content (AvgIpc) is 2.76. The Morgan fingerprint density at radius 2 is 1.33 bits per heavy atom. The van der Waals surface area contributed by atoms with Gasteiger partial charge in [0.1, 0.15) is 0 Å². The van der Waals surface area contributed by atoms with Crippen LogP contribution in [0.1, 0.15) is 84.5 Å². The molecule has 2 N–H and O–H groups in total. The van der Waals surface area contributed by atoms with Crippen molar-refractivity contribution >= 4 is 16.1 Å². The van der Waals surface area contributed by atoms with E-state index >= 15 is 0 Å². The van der Waals surface area contributed by atoms with Gasteiger partial charge in [0.15, 0.2) is 11.5 Å². The van der Waals surface area contributed by atoms with Gasteiger partial charge in [-0.05, 0) is 28.5 Å². The largest absolute Gasteiger partial charge is 0.380 e. The molecule has 0 bridgehead atoms. The zero-order valence-corrected chi connectivity index (χ0v) is 20.3. The first kappa shape index (κ1) is 24.7. The molecule has 0 aliphatic rings. The molecule has 3 rings (SSSR count). The Morgan fingerprint density at radius 3 is 1.76 bits per heavy atom. The molecule has 6 heteroatoms. The maximum Gasteiger partial charge on any atom is 0.380 e. The zero-order valence-electron chi connectivity index (χ0n) is 19.5. The molecule has 0 spiro atoms. The van der Waals surface area contributed by atoms with Crippen molar-refractivity contribution in [3.8, 4) is 5.75 Å². The fourth-order valence-corrected chi connectivity index (χ4v) is 4.61. The van der Waals surface area contributed by atoms with Gasteiger partial charge in [-0.2, -0.15) is 13.6 Å². The standard InChI is InChI=1S/C27H31NO4S/c1-18(2)22-15-16-23(26(19(3)4)27(22)32-33(28,30)31)25(29)17-24(20-11-7-5-8-12-20)21-13-9-6-10-14-21/h5-16,18-19,24H,17H2,1-4H3,(H2,28,30,31). The molecule has 0 saturated heterocycles. The summed E-state index contributed by atoms with van der Waals surface area (Å²) in [6.45, 7) is 7.71. The third-order valence-corrected chi connectivity index (χ3v) is 6.12. The fourth-order valence-electron chi connectivity index (χ4n) is 4.19. The summed E-state index contributed by atoms with van der Waals surface area (Å²) >= 11 is 0. The molecule has 0 radical (unpaired) electrons. The van der Waals surface area contributed by atoms with Crippen LogP contribution in [-0.4, -0.2) is 14.2 Å². The Balaban J connectivity index is 2.11. The van der Waals surface area contributed by atoms with E-state index in [1.807, 2.05) is 88.4 Å². The highest BCUT2D eigenvalue weighted by molar-refractivity contribution is 7.84. The van der Waals surface area contributed by atoms with Gasteiger partial charge >= 0.3 is 10.3 Å². The van der Waals surface area contributed by atoms with Gasteiger partial charge in [-0.15, -0.1) is 0 Å². The smallest absolute Gasteiger partial charge is 0.370 e. The summed E-state index contributed by atoms with van der Waals surface area (Å²) in [5, 5.41) is 5.23. The molecule has 3 aromatic rings. The minimum atomic E-state index is -4.25. The predicted octanol–water partition coefficient (Wildman–Crippen LogP) is 5.92. The highest BCUT2D eigenvalue weighted by Crippen LogP contribution is 2.39. The number of nitrogens with two attached hydrogens (primary N) is 1. The average molecular weight is 466 g/mol. The number of carbonyl (C=O) groups is 1. The molecular weight excluding hydrogens is 434 g/mol. The molecule has 0 saturated carbocycles. The number of rotatable bonds is 9. The molecule has 0 fully saturated rings. The number of hydrogen-bond acceptors (Lipinski definition) is 4. The van der Waals surface area contributed by atoms with Crippen LogP contribution < -0.4 is 9.32 Å². The Labute approximate surface area is 196 Å². The maximum atomic E-state index is 13.7. The third kappa shape index (κ3) is 6.09. The van der Waals surface area contributed by atoms with E-state index in [0.29, 0.717) is 16.7 Å². The maximum absolute atomic E-state index is 13.7. The first-order chi connectivity index (χ1) is 15.6. The molecule has 3 aromatic carbocycles. The van der Waals surface area contributed by atoms with Crippen molar-refractivity contribution in [2.75, 3.05) is 0 Å². The fraction of sp³-hybridized carbons (Fsp3) is 0.296. The lowest BCUT2D eigenvalue weighted by Gasteiger charge is -2.23. The summed E-state index contributed by atoms with van der Waals surface area (Å²) in [6.07, 6.45) is 0.240. The van der Waals surface area contributed by atoms with Crippen LogP contribution in [0.4, 0.5) is 0 Å². The van der Waals surface area contributed by atoms with E-state index in [0.717, 1.165) is 11.1 Å². The Morgan fingerprint density at radius 1 is 0.818 bits per heavy atom. The summed E-state index contributed by atoms with van der Waals surface area (Å²) in [4.78, 5) is 13.7. The van der Waals surface area contributed by atoms with Crippen LogP contribution in [0.5, 0.6) is 5.75 Å². The highest BCUT2D eigenvalue weighted by Gasteiger charge is 2.27. The highest BCUT2D eigenvalue weighted by atomic mass is 32.2.